The van der Waals surface area contributed by atoms with Crippen molar-refractivity contribution in [2.45, 2.75) is 95.2 Å². The van der Waals surface area contributed by atoms with Crippen LogP contribution in [0.2, 0.25) is 0 Å². The van der Waals surface area contributed by atoms with E-state index in [1.165, 1.54) is 96.8 Å². The molecular weight excluding hydrogens is 350 g/mol. The highest BCUT2D eigenvalue weighted by Crippen LogP contribution is 2.31. The van der Waals surface area contributed by atoms with Crippen LogP contribution in [0.25, 0.3) is 0 Å². The van der Waals surface area contributed by atoms with Crippen LogP contribution < -0.4 is 16.1 Å². The van der Waals surface area contributed by atoms with Crippen LogP contribution >= 0.6 is 0 Å². The smallest absolute Gasteiger partial charge is 0.146 e. The van der Waals surface area contributed by atoms with Crippen molar-refractivity contribution in [1.82, 2.24) is 25.9 Å². The third-order valence-corrected chi connectivity index (χ3v) is 8.12. The maximum absolute atomic E-state index is 6.15. The van der Waals surface area contributed by atoms with Crippen molar-refractivity contribution in [1.29, 1.82) is 0 Å². The lowest BCUT2D eigenvalue weighted by molar-refractivity contribution is -0.0278. The Bertz CT molecular complexity index is 493. The maximum atomic E-state index is 6.15. The first-order chi connectivity index (χ1) is 13.9. The van der Waals surface area contributed by atoms with E-state index in [2.05, 4.69) is 25.9 Å². The van der Waals surface area contributed by atoms with Crippen LogP contribution in [-0.4, -0.2) is 67.1 Å². The SMILES string of the molecule is C1CCC(CN2CCC[C@H]2C2NC(C3CCNC(N4CCCC4)C3)NO2)CC1. The van der Waals surface area contributed by atoms with E-state index in [1.807, 2.05) is 0 Å². The summed E-state index contributed by atoms with van der Waals surface area (Å²) in [6, 6.07) is 0.551. The lowest BCUT2D eigenvalue weighted by atomic mass is 9.88. The van der Waals surface area contributed by atoms with Gasteiger partial charge in [0.1, 0.15) is 6.23 Å². The molecule has 3 N–H and O–H groups in total. The molecule has 0 aromatic rings. The van der Waals surface area contributed by atoms with Gasteiger partial charge in [-0.25, -0.2) is 0 Å². The zero-order chi connectivity index (χ0) is 18.8. The van der Waals surface area contributed by atoms with E-state index in [4.69, 9.17) is 4.84 Å². The Balaban J connectivity index is 1.14. The molecule has 4 heterocycles. The normalized spacial score (nSPS) is 41.8. The van der Waals surface area contributed by atoms with E-state index < -0.39 is 0 Å². The number of piperidine rings is 1. The molecule has 0 bridgehead atoms. The Kier molecular flexibility index (Phi) is 6.53. The second-order valence-electron chi connectivity index (χ2n) is 10.0. The Morgan fingerprint density at radius 3 is 2.57 bits per heavy atom. The van der Waals surface area contributed by atoms with Gasteiger partial charge in [0, 0.05) is 6.54 Å². The van der Waals surface area contributed by atoms with E-state index in [-0.39, 0.29) is 6.23 Å². The highest BCUT2D eigenvalue weighted by molar-refractivity contribution is 4.92. The molecule has 4 unspecified atom stereocenters. The Hall–Kier alpha value is -0.240. The number of hydroxylamine groups is 1. The zero-order valence-corrected chi connectivity index (χ0v) is 17.6. The average Bonchev–Trinajstić information content (AvgIpc) is 3.50. The number of hydrogen-bond donors (Lipinski definition) is 3. The molecule has 5 rings (SSSR count). The Labute approximate surface area is 171 Å². The highest BCUT2D eigenvalue weighted by atomic mass is 16.7. The predicted molar refractivity (Wildman–Crippen MR) is 111 cm³/mol. The van der Waals surface area contributed by atoms with Gasteiger partial charge in [0.15, 0.2) is 0 Å². The molecule has 5 atom stereocenters. The van der Waals surface area contributed by atoms with Gasteiger partial charge in [-0.1, -0.05) is 19.3 Å². The van der Waals surface area contributed by atoms with E-state index in [0.717, 1.165) is 12.5 Å². The Morgan fingerprint density at radius 2 is 1.71 bits per heavy atom. The molecule has 160 valence electrons. The summed E-state index contributed by atoms with van der Waals surface area (Å²) in [6.07, 6.45) is 16.1. The summed E-state index contributed by atoms with van der Waals surface area (Å²) in [6.45, 7) is 6.23. The maximum Gasteiger partial charge on any atom is 0.146 e. The van der Waals surface area contributed by atoms with Gasteiger partial charge in [0.2, 0.25) is 0 Å². The van der Waals surface area contributed by atoms with Gasteiger partial charge in [-0.2, -0.15) is 5.48 Å². The molecule has 0 amide bonds. The standard InChI is InChI=1S/C22H41N5O/c1-2-7-17(8-3-1)16-27-14-6-9-19(27)22-24-21(25-28-22)18-10-11-23-20(15-18)26-12-4-5-13-26/h17-25H,1-16H2/t18?,19-,20?,21?,22?/m0/s1. The molecule has 5 fully saturated rings. The van der Waals surface area contributed by atoms with Crippen molar-refractivity contribution in [2.75, 3.05) is 32.7 Å². The second kappa shape index (κ2) is 9.27. The summed E-state index contributed by atoms with van der Waals surface area (Å²) >= 11 is 0. The lowest BCUT2D eigenvalue weighted by Crippen LogP contribution is -2.54. The summed E-state index contributed by atoms with van der Waals surface area (Å²) in [5.74, 6) is 1.58. The lowest BCUT2D eigenvalue weighted by Gasteiger charge is -2.38. The van der Waals surface area contributed by atoms with Crippen LogP contribution in [0, 0.1) is 11.8 Å². The van der Waals surface area contributed by atoms with Gasteiger partial charge in [-0.3, -0.25) is 20.0 Å². The van der Waals surface area contributed by atoms with Gasteiger partial charge >= 0.3 is 0 Å². The molecule has 28 heavy (non-hydrogen) atoms. The molecule has 0 aromatic heterocycles. The molecule has 4 saturated heterocycles. The van der Waals surface area contributed by atoms with Crippen molar-refractivity contribution < 1.29 is 4.84 Å². The summed E-state index contributed by atoms with van der Waals surface area (Å²) in [5.41, 5.74) is 3.40. The minimum Gasteiger partial charge on any atom is -0.302 e. The van der Waals surface area contributed by atoms with Gasteiger partial charge < -0.3 is 5.32 Å². The summed E-state index contributed by atoms with van der Waals surface area (Å²) in [4.78, 5) is 11.5. The topological polar surface area (TPSA) is 51.8 Å². The van der Waals surface area contributed by atoms with Gasteiger partial charge in [-0.05, 0) is 89.4 Å². The molecule has 4 aliphatic heterocycles. The number of likely N-dealkylation sites (tertiary alicyclic amines) is 2. The molecule has 0 spiro atoms. The average molecular weight is 392 g/mol. The number of nitrogens with zero attached hydrogens (tertiary/aromatic N) is 2. The largest absolute Gasteiger partial charge is 0.302 e. The molecular formula is C22H41N5O. The van der Waals surface area contributed by atoms with Gasteiger partial charge in [-0.15, -0.1) is 0 Å². The van der Waals surface area contributed by atoms with E-state index in [1.54, 1.807) is 0 Å². The van der Waals surface area contributed by atoms with Crippen LogP contribution in [0.4, 0.5) is 0 Å². The minimum absolute atomic E-state index is 0.163. The zero-order valence-electron chi connectivity index (χ0n) is 17.6. The first-order valence-electron chi connectivity index (χ1n) is 12.3. The van der Waals surface area contributed by atoms with Crippen molar-refractivity contribution in [3.8, 4) is 0 Å². The van der Waals surface area contributed by atoms with E-state index in [9.17, 15) is 0 Å². The molecule has 6 heteroatoms. The van der Waals surface area contributed by atoms with Gasteiger partial charge in [0.25, 0.3) is 0 Å². The fourth-order valence-corrected chi connectivity index (χ4v) is 6.49. The van der Waals surface area contributed by atoms with Crippen molar-refractivity contribution in [2.24, 2.45) is 11.8 Å². The second-order valence-corrected chi connectivity index (χ2v) is 10.0. The van der Waals surface area contributed by atoms with Crippen LogP contribution in [0.5, 0.6) is 0 Å². The molecule has 1 saturated carbocycles. The van der Waals surface area contributed by atoms with E-state index >= 15 is 0 Å². The van der Waals surface area contributed by atoms with Crippen LogP contribution in [-0.2, 0) is 4.84 Å². The van der Waals surface area contributed by atoms with Crippen molar-refractivity contribution in [3.05, 3.63) is 0 Å². The molecule has 5 aliphatic rings. The first kappa shape index (κ1) is 19.7. The summed E-state index contributed by atoms with van der Waals surface area (Å²) in [7, 11) is 0. The fraction of sp³-hybridized carbons (Fsp3) is 1.00. The molecule has 0 radical (unpaired) electrons. The highest BCUT2D eigenvalue weighted by Gasteiger charge is 2.41. The summed E-state index contributed by atoms with van der Waals surface area (Å²) < 4.78 is 0. The number of hydrogen-bond acceptors (Lipinski definition) is 6. The van der Waals surface area contributed by atoms with Crippen molar-refractivity contribution >= 4 is 0 Å². The minimum atomic E-state index is 0.163. The fourth-order valence-electron chi connectivity index (χ4n) is 6.49. The van der Waals surface area contributed by atoms with Crippen LogP contribution in [0.1, 0.15) is 70.6 Å². The van der Waals surface area contributed by atoms with Crippen molar-refractivity contribution in [3.63, 3.8) is 0 Å². The number of rotatable bonds is 5. The quantitative estimate of drug-likeness (QED) is 0.668. The third-order valence-electron chi connectivity index (χ3n) is 8.12. The third kappa shape index (κ3) is 4.42. The first-order valence-corrected chi connectivity index (χ1v) is 12.3. The molecule has 1 aliphatic carbocycles. The van der Waals surface area contributed by atoms with Crippen LogP contribution in [0.15, 0.2) is 0 Å². The van der Waals surface area contributed by atoms with Crippen LogP contribution in [0.3, 0.4) is 0 Å². The molecule has 6 nitrogen and oxygen atoms in total. The van der Waals surface area contributed by atoms with E-state index in [0.29, 0.717) is 24.3 Å². The monoisotopic (exact) mass is 391 g/mol. The number of nitrogens with one attached hydrogen (secondary N) is 3. The molecule has 0 aromatic carbocycles. The Morgan fingerprint density at radius 1 is 0.857 bits per heavy atom. The predicted octanol–water partition coefficient (Wildman–Crippen LogP) is 2.23. The summed E-state index contributed by atoms with van der Waals surface area (Å²) in [5, 5.41) is 7.61. The van der Waals surface area contributed by atoms with Gasteiger partial charge in [0.05, 0.1) is 18.4 Å².